The predicted molar refractivity (Wildman–Crippen MR) is 165 cm³/mol. The third-order valence-electron chi connectivity index (χ3n) is 5.96. The van der Waals surface area contributed by atoms with E-state index in [0.29, 0.717) is 0 Å². The van der Waals surface area contributed by atoms with Crippen LogP contribution in [0.5, 0.6) is 0 Å². The fourth-order valence-corrected chi connectivity index (χ4v) is 10.3. The van der Waals surface area contributed by atoms with Gasteiger partial charge in [-0.25, -0.2) is 26.3 Å². The Morgan fingerprint density at radius 3 is 0.909 bits per heavy atom. The smallest absolute Gasteiger partial charge is 0.307 e. The molecular formula is C34H27CoF7P2-4. The summed E-state index contributed by atoms with van der Waals surface area (Å²) in [6.45, 7) is 0. The molecule has 0 bridgehead atoms. The van der Waals surface area contributed by atoms with Gasteiger partial charge in [0.2, 0.25) is 0 Å². The monoisotopic (exact) mass is 689 g/mol. The van der Waals surface area contributed by atoms with E-state index in [-0.39, 0.29) is 16.8 Å². The zero-order valence-electron chi connectivity index (χ0n) is 23.0. The second-order valence-corrected chi connectivity index (χ2v) is 14.1. The summed E-state index contributed by atoms with van der Waals surface area (Å²) in [7, 11) is -1.57. The molecule has 0 heterocycles. The molecule has 0 aliphatic carbocycles. The quantitative estimate of drug-likeness (QED) is 0.0926. The van der Waals surface area contributed by atoms with Crippen molar-refractivity contribution in [3.8, 4) is 0 Å². The van der Waals surface area contributed by atoms with E-state index in [1.54, 1.807) is 6.07 Å². The van der Waals surface area contributed by atoms with Crippen molar-refractivity contribution in [2.75, 3.05) is 12.3 Å². The molecule has 0 aliphatic heterocycles. The Hall–Kier alpha value is -2.89. The van der Waals surface area contributed by atoms with Gasteiger partial charge in [-0.15, -0.1) is 0 Å². The molecule has 5 rings (SSSR count). The molecule has 0 saturated carbocycles. The Kier molecular flexibility index (Phi) is 15.9. The molecule has 5 aromatic carbocycles. The molecule has 0 saturated heterocycles. The van der Waals surface area contributed by atoms with Crippen LogP contribution in [0, 0.1) is 30.4 Å². The van der Waals surface area contributed by atoms with Crippen LogP contribution in [0.4, 0.5) is 30.7 Å². The van der Waals surface area contributed by atoms with Gasteiger partial charge in [0, 0.05) is 23.0 Å². The van der Waals surface area contributed by atoms with Gasteiger partial charge in [0.05, 0.1) is 37.1 Å². The molecule has 1 radical (unpaired) electrons. The van der Waals surface area contributed by atoms with Gasteiger partial charge < -0.3 is 34.7 Å². The number of hydrogen-bond acceptors (Lipinski definition) is 0. The summed E-state index contributed by atoms with van der Waals surface area (Å²) in [6.07, 6.45) is -13.3. The first-order valence-corrected chi connectivity index (χ1v) is 16.4. The van der Waals surface area contributed by atoms with E-state index in [2.05, 4.69) is 146 Å². The SMILES string of the molecule is F[C-](C(F)(F)F)C(F)(F)F.[Co].[c-]1[c-][c-][cH-][c-]1.c1ccc([PH+](CC[PH+](c2ccccc2)c2ccccc2)c2ccccc2)cc1. The van der Waals surface area contributed by atoms with E-state index in [4.69, 9.17) is 0 Å². The molecule has 10 heteroatoms. The molecule has 44 heavy (non-hydrogen) atoms. The van der Waals surface area contributed by atoms with Crippen LogP contribution in [0.2, 0.25) is 0 Å². The summed E-state index contributed by atoms with van der Waals surface area (Å²) in [5.41, 5.74) is 0. The standard InChI is InChI=1S/C26H24P2.C5H.C3F7.Co/c1-5-13-23(14-6-1)27(24-15-7-2-8-16-24)21-22-28(25-17-9-3-10-18-25)26-19-11-4-12-20-26;1-2-4-5-3-1;4-1(2(5,6)7)3(8,9)10;/h1-20H,21-22H2;1H;;/q;-5;-1;/p+2. The predicted octanol–water partition coefficient (Wildman–Crippen LogP) is 7.93. The number of hydrogen-bond donors (Lipinski definition) is 0. The molecule has 0 N–H and O–H groups in total. The molecular weight excluding hydrogens is 662 g/mol. The first-order chi connectivity index (χ1) is 20.6. The van der Waals surface area contributed by atoms with Gasteiger partial charge in [-0.1, -0.05) is 72.8 Å². The number of alkyl halides is 6. The van der Waals surface area contributed by atoms with E-state index in [1.807, 2.05) is 0 Å². The second-order valence-electron chi connectivity index (χ2n) is 8.91. The molecule has 0 aromatic heterocycles. The fraction of sp³-hybridized carbons (Fsp3) is 0.118. The average molecular weight is 689 g/mol. The van der Waals surface area contributed by atoms with Crippen molar-refractivity contribution in [3.05, 3.63) is 158 Å². The van der Waals surface area contributed by atoms with Crippen LogP contribution in [0.1, 0.15) is 0 Å². The topological polar surface area (TPSA) is 0 Å². The van der Waals surface area contributed by atoms with Crippen LogP contribution >= 0.6 is 15.8 Å². The van der Waals surface area contributed by atoms with Gasteiger partial charge in [-0.05, 0) is 48.5 Å². The maximum atomic E-state index is 11.1. The molecule has 0 aliphatic rings. The summed E-state index contributed by atoms with van der Waals surface area (Å²) in [5.74, 6) is 0. The third-order valence-corrected chi connectivity index (χ3v) is 12.1. The molecule has 235 valence electrons. The minimum Gasteiger partial charge on any atom is -0.999 e. The molecule has 0 spiro atoms. The van der Waals surface area contributed by atoms with Gasteiger partial charge in [0.25, 0.3) is 0 Å². The van der Waals surface area contributed by atoms with E-state index in [9.17, 15) is 30.7 Å². The van der Waals surface area contributed by atoms with Crippen molar-refractivity contribution in [1.82, 2.24) is 0 Å². The second kappa shape index (κ2) is 18.8. The van der Waals surface area contributed by atoms with Gasteiger partial charge in [0.1, 0.15) is 12.3 Å². The Morgan fingerprint density at radius 1 is 0.500 bits per heavy atom. The van der Waals surface area contributed by atoms with Crippen LogP contribution in [0.25, 0.3) is 0 Å². The fourth-order valence-electron chi connectivity index (χ4n) is 4.06. The van der Waals surface area contributed by atoms with Gasteiger partial charge >= 0.3 is 12.4 Å². The van der Waals surface area contributed by atoms with Crippen molar-refractivity contribution in [3.63, 3.8) is 0 Å². The summed E-state index contributed by atoms with van der Waals surface area (Å²) in [6, 6.07) is 56.5. The van der Waals surface area contributed by atoms with E-state index in [1.165, 1.54) is 33.5 Å². The minimum absolute atomic E-state index is 0. The normalized spacial score (nSPS) is 11.2. The third kappa shape index (κ3) is 12.6. The summed E-state index contributed by atoms with van der Waals surface area (Å²) in [4.78, 5) is 0. The largest absolute Gasteiger partial charge is 0.999 e. The van der Waals surface area contributed by atoms with Gasteiger partial charge in [-0.3, -0.25) is 0 Å². The molecule has 0 nitrogen and oxygen atoms in total. The zero-order valence-corrected chi connectivity index (χ0v) is 26.1. The van der Waals surface area contributed by atoms with Crippen molar-refractivity contribution >= 4 is 37.1 Å². The Morgan fingerprint density at radius 2 is 0.750 bits per heavy atom. The number of benzene rings is 4. The van der Waals surface area contributed by atoms with E-state index in [0.717, 1.165) is 0 Å². The number of halogens is 7. The van der Waals surface area contributed by atoms with E-state index < -0.39 is 34.4 Å². The average Bonchev–Trinajstić information content (AvgIpc) is 3.61. The van der Waals surface area contributed by atoms with Crippen LogP contribution in [0.15, 0.2) is 127 Å². The molecule has 0 unspecified atom stereocenters. The van der Waals surface area contributed by atoms with Gasteiger partial charge in [0.15, 0.2) is 0 Å². The molecule has 5 aromatic rings. The van der Waals surface area contributed by atoms with Crippen LogP contribution in [0.3, 0.4) is 0 Å². The summed E-state index contributed by atoms with van der Waals surface area (Å²) in [5, 5.41) is 6.06. The van der Waals surface area contributed by atoms with Gasteiger partial charge in [-0.2, -0.15) is 0 Å². The maximum Gasteiger partial charge on any atom is 0.307 e. The van der Waals surface area contributed by atoms with Crippen LogP contribution in [-0.2, 0) is 16.8 Å². The Labute approximate surface area is 266 Å². The minimum atomic E-state index is -5.93. The zero-order chi connectivity index (χ0) is 31.1. The van der Waals surface area contributed by atoms with Crippen LogP contribution < -0.4 is 21.2 Å². The van der Waals surface area contributed by atoms with Crippen molar-refractivity contribution in [1.29, 1.82) is 0 Å². The van der Waals surface area contributed by atoms with Crippen molar-refractivity contribution in [2.24, 2.45) is 0 Å². The first-order valence-electron chi connectivity index (χ1n) is 13.0. The molecule has 0 amide bonds. The Balaban J connectivity index is 0.000000350. The van der Waals surface area contributed by atoms with Crippen molar-refractivity contribution in [2.45, 2.75) is 12.4 Å². The maximum absolute atomic E-state index is 11.1. The first kappa shape index (κ1) is 37.3. The Bertz CT molecular complexity index is 1210. The van der Waals surface area contributed by atoms with Crippen LogP contribution in [-0.4, -0.2) is 24.7 Å². The van der Waals surface area contributed by atoms with Crippen molar-refractivity contribution < 1.29 is 47.5 Å². The summed E-state index contributed by atoms with van der Waals surface area (Å²) < 4.78 is 76.0. The molecule has 0 atom stereocenters. The number of rotatable bonds is 7. The van der Waals surface area contributed by atoms with E-state index >= 15 is 0 Å². The summed E-state index contributed by atoms with van der Waals surface area (Å²) >= 11 is 0. The molecule has 0 fully saturated rings.